The van der Waals surface area contributed by atoms with Gasteiger partial charge in [-0.05, 0) is 61.3 Å². The van der Waals surface area contributed by atoms with Gasteiger partial charge in [0.15, 0.2) is 0 Å². The molecule has 1 aromatic carbocycles. The van der Waals surface area contributed by atoms with Crippen LogP contribution in [0.4, 0.5) is 0 Å². The van der Waals surface area contributed by atoms with Crippen LogP contribution in [0.25, 0.3) is 21.9 Å². The minimum atomic E-state index is 0.0590. The van der Waals surface area contributed by atoms with Gasteiger partial charge in [-0.1, -0.05) is 107 Å². The fourth-order valence-electron chi connectivity index (χ4n) is 5.12. The molecule has 0 bridgehead atoms. The normalized spacial score (nSPS) is 12.0. The highest BCUT2D eigenvalue weighted by molar-refractivity contribution is 8.23. The molecule has 41 heavy (non-hydrogen) atoms. The lowest BCUT2D eigenvalue weighted by molar-refractivity contribution is 0.418. The molecule has 0 radical (unpaired) electrons. The summed E-state index contributed by atoms with van der Waals surface area (Å²) in [5.74, 6) is 2.20. The Bertz CT molecular complexity index is 1270. The summed E-state index contributed by atoms with van der Waals surface area (Å²) < 4.78 is 4.62. The van der Waals surface area contributed by atoms with Crippen LogP contribution in [0.1, 0.15) is 89.3 Å². The average molecular weight is 631 g/mol. The summed E-state index contributed by atoms with van der Waals surface area (Å²) >= 11 is 14.5. The molecule has 0 aliphatic heterocycles. The Balaban J connectivity index is 1.82. The van der Waals surface area contributed by atoms with E-state index >= 15 is 0 Å². The van der Waals surface area contributed by atoms with Gasteiger partial charge in [-0.3, -0.25) is 4.98 Å². The number of fused-ring (bicyclic) bond motifs is 3. The van der Waals surface area contributed by atoms with E-state index in [9.17, 15) is 0 Å². The van der Waals surface area contributed by atoms with Crippen molar-refractivity contribution >= 4 is 78.5 Å². The quantitative estimate of drug-likeness (QED) is 0.137. The molecule has 0 unspecified atom stereocenters. The summed E-state index contributed by atoms with van der Waals surface area (Å²) in [7, 11) is 8.12. The van der Waals surface area contributed by atoms with Gasteiger partial charge in [0, 0.05) is 57.3 Å². The zero-order valence-corrected chi connectivity index (χ0v) is 29.7. The smallest absolute Gasteiger partial charge is 0.135 e. The molecule has 3 rings (SSSR count). The van der Waals surface area contributed by atoms with Crippen LogP contribution in [0.15, 0.2) is 30.5 Å². The Kier molecular flexibility index (Phi) is 13.3. The van der Waals surface area contributed by atoms with Gasteiger partial charge in [-0.25, -0.2) is 0 Å². The number of thiocarbonyl (C=S) groups is 2. The number of unbranched alkanes of at least 4 members (excludes halogenated alkanes) is 4. The lowest BCUT2D eigenvalue weighted by Crippen LogP contribution is -2.16. The number of pyridine rings is 1. The Morgan fingerprint density at radius 1 is 0.829 bits per heavy atom. The number of nitrogens with zero attached hydrogens (tertiary/aromatic N) is 4. The Labute approximate surface area is 268 Å². The predicted molar refractivity (Wildman–Crippen MR) is 194 cm³/mol. The van der Waals surface area contributed by atoms with Crippen molar-refractivity contribution in [1.29, 1.82) is 0 Å². The monoisotopic (exact) mass is 630 g/mol. The highest BCUT2D eigenvalue weighted by Crippen LogP contribution is 2.37. The largest absolute Gasteiger partial charge is 0.364 e. The van der Waals surface area contributed by atoms with E-state index in [1.165, 1.54) is 78.9 Å². The van der Waals surface area contributed by atoms with Crippen LogP contribution in [0.2, 0.25) is 0 Å². The fourth-order valence-corrected chi connectivity index (χ4v) is 7.18. The summed E-state index contributed by atoms with van der Waals surface area (Å²) in [4.78, 5) is 9.12. The van der Waals surface area contributed by atoms with E-state index in [0.717, 1.165) is 25.7 Å². The summed E-state index contributed by atoms with van der Waals surface area (Å²) in [5.41, 5.74) is 6.43. The molecule has 0 atom stereocenters. The highest BCUT2D eigenvalue weighted by Gasteiger charge is 2.22. The number of hydrogen-bond acceptors (Lipinski definition) is 5. The van der Waals surface area contributed by atoms with Crippen LogP contribution in [-0.2, 0) is 5.41 Å². The molecule has 0 amide bonds. The molecule has 0 aliphatic carbocycles. The second kappa shape index (κ2) is 15.9. The molecule has 226 valence electrons. The molecular weight excluding hydrogens is 581 g/mol. The van der Waals surface area contributed by atoms with Crippen molar-refractivity contribution in [2.24, 2.45) is 0 Å². The maximum atomic E-state index is 5.46. The molecule has 3 aromatic rings. The van der Waals surface area contributed by atoms with Gasteiger partial charge in [-0.2, -0.15) is 0 Å². The summed E-state index contributed by atoms with van der Waals surface area (Å²) in [6.45, 7) is 9.05. The number of rotatable bonds is 13. The second-order valence-corrected chi connectivity index (χ2v) is 16.1. The fraction of sp³-hybridized carbons (Fsp3) is 0.606. The Morgan fingerprint density at radius 2 is 1.39 bits per heavy atom. The number of benzene rings is 1. The third-order valence-electron chi connectivity index (χ3n) is 7.57. The van der Waals surface area contributed by atoms with E-state index in [4.69, 9.17) is 29.4 Å². The van der Waals surface area contributed by atoms with E-state index in [1.807, 2.05) is 38.0 Å². The molecule has 0 saturated heterocycles. The topological polar surface area (TPSA) is 24.3 Å². The summed E-state index contributed by atoms with van der Waals surface area (Å²) in [5, 5.41) is 1.28. The van der Waals surface area contributed by atoms with Gasteiger partial charge in [0.1, 0.15) is 8.64 Å². The van der Waals surface area contributed by atoms with Crippen molar-refractivity contribution in [2.45, 2.75) is 90.5 Å². The first-order chi connectivity index (χ1) is 19.4. The minimum absolute atomic E-state index is 0.0590. The molecule has 0 N–H and O–H groups in total. The van der Waals surface area contributed by atoms with E-state index in [1.54, 1.807) is 23.5 Å². The van der Waals surface area contributed by atoms with Crippen LogP contribution in [0.3, 0.4) is 0 Å². The van der Waals surface area contributed by atoms with Crippen molar-refractivity contribution in [3.63, 3.8) is 0 Å². The van der Waals surface area contributed by atoms with Crippen molar-refractivity contribution in [2.75, 3.05) is 39.7 Å². The van der Waals surface area contributed by atoms with Gasteiger partial charge in [0.25, 0.3) is 0 Å². The average Bonchev–Trinajstić information content (AvgIpc) is 3.22. The molecule has 0 fully saturated rings. The number of thioether (sulfide) groups is 2. The summed E-state index contributed by atoms with van der Waals surface area (Å²) in [6.07, 6.45) is 11.8. The third kappa shape index (κ3) is 9.84. The van der Waals surface area contributed by atoms with E-state index < -0.39 is 0 Å². The van der Waals surface area contributed by atoms with Gasteiger partial charge >= 0.3 is 0 Å². The van der Waals surface area contributed by atoms with Gasteiger partial charge in [0.05, 0.1) is 16.6 Å². The number of aromatic nitrogens is 2. The maximum absolute atomic E-state index is 5.46. The zero-order valence-electron chi connectivity index (χ0n) is 26.5. The second-order valence-electron chi connectivity index (χ2n) is 12.6. The standard InChI is InChI=1S/C33H50N4S4/c1-24-17-18-27-28(21-24)37(29-22-25(33(2,3)4)23-34-30(27)29)26(15-11-9-13-19-40-31(38)35(5)6)16-12-10-14-20-41-32(39)36(7)8/h17-18,21-23,26H,9-16,19-20H2,1-8H3. The lowest BCUT2D eigenvalue weighted by atomic mass is 9.88. The lowest BCUT2D eigenvalue weighted by Gasteiger charge is -2.23. The first-order valence-corrected chi connectivity index (χ1v) is 17.8. The summed E-state index contributed by atoms with van der Waals surface area (Å²) in [6, 6.07) is 9.76. The van der Waals surface area contributed by atoms with Crippen LogP contribution in [0, 0.1) is 6.92 Å². The number of aryl methyl sites for hydroxylation is 1. The van der Waals surface area contributed by atoms with Gasteiger partial charge in [0.2, 0.25) is 0 Å². The molecule has 2 heterocycles. The van der Waals surface area contributed by atoms with Crippen LogP contribution < -0.4 is 0 Å². The molecular formula is C33H50N4S4. The van der Waals surface area contributed by atoms with E-state index in [0.29, 0.717) is 6.04 Å². The predicted octanol–water partition coefficient (Wildman–Crippen LogP) is 9.62. The van der Waals surface area contributed by atoms with Gasteiger partial charge < -0.3 is 14.4 Å². The Morgan fingerprint density at radius 3 is 1.90 bits per heavy atom. The first kappa shape index (κ1) is 34.1. The van der Waals surface area contributed by atoms with E-state index in [-0.39, 0.29) is 5.41 Å². The molecule has 8 heteroatoms. The van der Waals surface area contributed by atoms with Crippen molar-refractivity contribution in [3.05, 3.63) is 41.6 Å². The Hall–Kier alpha value is -1.35. The van der Waals surface area contributed by atoms with Gasteiger partial charge in [-0.15, -0.1) is 0 Å². The van der Waals surface area contributed by atoms with Crippen LogP contribution >= 0.6 is 48.0 Å². The molecule has 4 nitrogen and oxygen atoms in total. The van der Waals surface area contributed by atoms with Crippen LogP contribution in [0.5, 0.6) is 0 Å². The maximum Gasteiger partial charge on any atom is 0.135 e. The van der Waals surface area contributed by atoms with Crippen LogP contribution in [-0.4, -0.2) is 67.7 Å². The third-order valence-corrected chi connectivity index (χ3v) is 11.2. The van der Waals surface area contributed by atoms with E-state index in [2.05, 4.69) is 62.7 Å². The molecule has 0 aliphatic rings. The zero-order chi connectivity index (χ0) is 30.2. The van der Waals surface area contributed by atoms with Crippen molar-refractivity contribution < 1.29 is 0 Å². The minimum Gasteiger partial charge on any atom is -0.364 e. The van der Waals surface area contributed by atoms with Crippen molar-refractivity contribution in [1.82, 2.24) is 19.4 Å². The highest BCUT2D eigenvalue weighted by atomic mass is 32.2. The SMILES string of the molecule is Cc1ccc2c3ncc(C(C)(C)C)cc3n(C(CCCCCSC(=S)N(C)C)CCCCCSC(=S)N(C)C)c2c1. The first-order valence-electron chi connectivity index (χ1n) is 15.0. The van der Waals surface area contributed by atoms with Crippen molar-refractivity contribution in [3.8, 4) is 0 Å². The molecule has 0 spiro atoms. The molecule has 2 aromatic heterocycles. The molecule has 0 saturated carbocycles. The number of hydrogen-bond donors (Lipinski definition) is 0.